The summed E-state index contributed by atoms with van der Waals surface area (Å²) in [7, 11) is 3.00. The van der Waals surface area contributed by atoms with Gasteiger partial charge in [-0.3, -0.25) is 0 Å². The third-order valence-corrected chi connectivity index (χ3v) is 6.61. The molecule has 3 aromatic rings. The summed E-state index contributed by atoms with van der Waals surface area (Å²) in [6.45, 7) is 6.01. The number of aliphatic hydroxyl groups is 1. The second-order valence-electron chi connectivity index (χ2n) is 8.75. The van der Waals surface area contributed by atoms with Crippen molar-refractivity contribution in [3.05, 3.63) is 51.5 Å². The number of methoxy groups -OCH3 is 2. The summed E-state index contributed by atoms with van der Waals surface area (Å²) >= 11 is 0.937. The fourth-order valence-corrected chi connectivity index (χ4v) is 4.81. The third kappa shape index (κ3) is 6.08. The molecule has 1 heterocycles. The topological polar surface area (TPSA) is 98.1 Å². The van der Waals surface area contributed by atoms with Gasteiger partial charge in [0.2, 0.25) is 0 Å². The first-order chi connectivity index (χ1) is 16.8. The van der Waals surface area contributed by atoms with Gasteiger partial charge in [0.05, 0.1) is 46.7 Å². The fourth-order valence-electron chi connectivity index (χ4n) is 3.73. The van der Waals surface area contributed by atoms with Crippen LogP contribution in [0, 0.1) is 12.8 Å². The minimum absolute atomic E-state index is 0.0359. The van der Waals surface area contributed by atoms with E-state index < -0.39 is 35.5 Å². The minimum atomic E-state index is -4.70. The van der Waals surface area contributed by atoms with Gasteiger partial charge in [-0.05, 0) is 42.7 Å². The number of thiazole rings is 1. The average Bonchev–Trinajstić information content (AvgIpc) is 3.22. The number of aliphatic hydroxyl groups excluding tert-OH is 1. The van der Waals surface area contributed by atoms with Crippen LogP contribution in [0.1, 0.15) is 52.0 Å². The predicted molar refractivity (Wildman–Crippen MR) is 129 cm³/mol. The first kappa shape index (κ1) is 27.7. The monoisotopic (exact) mass is 527 g/mol. The molecule has 36 heavy (non-hydrogen) atoms. The first-order valence-corrected chi connectivity index (χ1v) is 11.9. The Bertz CT molecular complexity index is 1220. The Morgan fingerprint density at radius 1 is 1.11 bits per heavy atom. The molecule has 0 amide bonds. The number of ether oxygens (including phenoxy) is 3. The third-order valence-electron chi connectivity index (χ3n) is 5.58. The SMILES string of the molecule is COc1cc([C@@H](O)[C@H](Cc2nc3c(C(=O)O)cc(C(F)(F)F)cc3s2)OCC(C)C)cc(OC)c1C. The Labute approximate surface area is 210 Å². The Balaban J connectivity index is 2.03. The van der Waals surface area contributed by atoms with E-state index >= 15 is 0 Å². The average molecular weight is 528 g/mol. The predicted octanol–water partition coefficient (Wildman–Crippen LogP) is 5.66. The smallest absolute Gasteiger partial charge is 0.416 e. The summed E-state index contributed by atoms with van der Waals surface area (Å²) in [5.41, 5.74) is -0.408. The number of carbonyl (C=O) groups is 1. The van der Waals surface area contributed by atoms with Gasteiger partial charge >= 0.3 is 12.1 Å². The highest BCUT2D eigenvalue weighted by molar-refractivity contribution is 7.18. The highest BCUT2D eigenvalue weighted by Crippen LogP contribution is 2.37. The number of rotatable bonds is 10. The van der Waals surface area contributed by atoms with Crippen molar-refractivity contribution in [2.45, 2.75) is 45.6 Å². The summed E-state index contributed by atoms with van der Waals surface area (Å²) in [6.07, 6.45) is -6.62. The minimum Gasteiger partial charge on any atom is -0.496 e. The van der Waals surface area contributed by atoms with Crippen LogP contribution in [0.2, 0.25) is 0 Å². The van der Waals surface area contributed by atoms with Crippen molar-refractivity contribution in [2.75, 3.05) is 20.8 Å². The lowest BCUT2D eigenvalue weighted by atomic mass is 9.99. The molecule has 0 spiro atoms. The number of benzene rings is 2. The first-order valence-electron chi connectivity index (χ1n) is 11.1. The molecule has 0 fully saturated rings. The van der Waals surface area contributed by atoms with E-state index in [4.69, 9.17) is 14.2 Å². The van der Waals surface area contributed by atoms with E-state index in [1.54, 1.807) is 12.1 Å². The number of hydrogen-bond acceptors (Lipinski definition) is 7. The molecular weight excluding hydrogens is 499 g/mol. The summed E-state index contributed by atoms with van der Waals surface area (Å²) in [6, 6.07) is 4.81. The summed E-state index contributed by atoms with van der Waals surface area (Å²) in [5.74, 6) is -0.340. The molecule has 2 aromatic carbocycles. The lowest BCUT2D eigenvalue weighted by Gasteiger charge is -2.25. The molecule has 11 heteroatoms. The molecule has 0 aliphatic rings. The van der Waals surface area contributed by atoms with Crippen LogP contribution in [0.15, 0.2) is 24.3 Å². The van der Waals surface area contributed by atoms with Crippen LogP contribution in [0.4, 0.5) is 13.2 Å². The van der Waals surface area contributed by atoms with Crippen molar-refractivity contribution in [3.63, 3.8) is 0 Å². The number of alkyl halides is 3. The maximum atomic E-state index is 13.3. The Kier molecular flexibility index (Phi) is 8.48. The van der Waals surface area contributed by atoms with Crippen molar-refractivity contribution in [1.29, 1.82) is 0 Å². The molecule has 3 rings (SSSR count). The normalized spacial score (nSPS) is 13.7. The molecule has 0 aliphatic carbocycles. The van der Waals surface area contributed by atoms with Crippen LogP contribution in [-0.2, 0) is 17.3 Å². The molecule has 0 unspecified atom stereocenters. The van der Waals surface area contributed by atoms with E-state index in [1.165, 1.54) is 14.2 Å². The second-order valence-corrected chi connectivity index (χ2v) is 9.86. The van der Waals surface area contributed by atoms with Crippen LogP contribution in [0.25, 0.3) is 10.2 Å². The van der Waals surface area contributed by atoms with Crippen LogP contribution in [-0.4, -0.2) is 48.1 Å². The maximum absolute atomic E-state index is 13.3. The van der Waals surface area contributed by atoms with Crippen molar-refractivity contribution >= 4 is 27.5 Å². The van der Waals surface area contributed by atoms with E-state index in [2.05, 4.69) is 4.98 Å². The molecule has 0 aliphatic heterocycles. The molecule has 2 N–H and O–H groups in total. The highest BCUT2D eigenvalue weighted by atomic mass is 32.1. The standard InChI is InChI=1S/C25H28F3NO6S/c1-12(2)11-35-19(23(30)14-6-17(33-4)13(3)18(7-14)34-5)10-21-29-22-16(24(31)32)8-15(25(26,27)28)9-20(22)36-21/h6-9,12,19,23,30H,10-11H2,1-5H3,(H,31,32)/t19-,23+/m0/s1. The highest BCUT2D eigenvalue weighted by Gasteiger charge is 2.33. The lowest BCUT2D eigenvalue weighted by Crippen LogP contribution is -2.26. The van der Waals surface area contributed by atoms with E-state index in [0.29, 0.717) is 34.7 Å². The summed E-state index contributed by atoms with van der Waals surface area (Å²) in [4.78, 5) is 16.0. The van der Waals surface area contributed by atoms with Gasteiger partial charge in [-0.1, -0.05) is 13.8 Å². The van der Waals surface area contributed by atoms with E-state index in [9.17, 15) is 28.2 Å². The number of carboxylic acid groups (broad SMARTS) is 1. The summed E-state index contributed by atoms with van der Waals surface area (Å²) in [5, 5.41) is 21.1. The number of nitrogens with zero attached hydrogens (tertiary/aromatic N) is 1. The number of carboxylic acids is 1. The van der Waals surface area contributed by atoms with Gasteiger partial charge in [-0.2, -0.15) is 13.2 Å². The zero-order valence-electron chi connectivity index (χ0n) is 20.5. The fraction of sp³-hybridized carbons (Fsp3) is 0.440. The number of hydrogen-bond donors (Lipinski definition) is 2. The molecule has 1 aromatic heterocycles. The summed E-state index contributed by atoms with van der Waals surface area (Å²) < 4.78 is 56.8. The van der Waals surface area contributed by atoms with Gasteiger partial charge in [-0.25, -0.2) is 9.78 Å². The molecule has 2 atom stereocenters. The Hall–Kier alpha value is -2.89. The van der Waals surface area contributed by atoms with E-state index in [1.807, 2.05) is 20.8 Å². The molecule has 0 bridgehead atoms. The quantitative estimate of drug-likeness (QED) is 0.351. The molecule has 196 valence electrons. The zero-order chi connectivity index (χ0) is 26.8. The van der Waals surface area contributed by atoms with Gasteiger partial charge in [0.25, 0.3) is 0 Å². The number of aromatic carboxylic acids is 1. The van der Waals surface area contributed by atoms with Gasteiger partial charge in [0, 0.05) is 18.6 Å². The molecule has 7 nitrogen and oxygen atoms in total. The van der Waals surface area contributed by atoms with E-state index in [0.717, 1.165) is 23.0 Å². The van der Waals surface area contributed by atoms with Crippen LogP contribution >= 0.6 is 11.3 Å². The van der Waals surface area contributed by atoms with Crippen LogP contribution < -0.4 is 9.47 Å². The van der Waals surface area contributed by atoms with Gasteiger partial charge < -0.3 is 24.4 Å². The van der Waals surface area contributed by atoms with Crippen molar-refractivity contribution in [2.24, 2.45) is 5.92 Å². The molecule has 0 saturated heterocycles. The largest absolute Gasteiger partial charge is 0.496 e. The van der Waals surface area contributed by atoms with Crippen molar-refractivity contribution in [1.82, 2.24) is 4.98 Å². The number of halogens is 3. The van der Waals surface area contributed by atoms with Crippen molar-refractivity contribution in [3.8, 4) is 11.5 Å². The van der Waals surface area contributed by atoms with Crippen LogP contribution in [0.5, 0.6) is 11.5 Å². The van der Waals surface area contributed by atoms with Gasteiger partial charge in [0.15, 0.2) is 0 Å². The maximum Gasteiger partial charge on any atom is 0.416 e. The van der Waals surface area contributed by atoms with Crippen molar-refractivity contribution < 1.29 is 42.4 Å². The van der Waals surface area contributed by atoms with Gasteiger partial charge in [0.1, 0.15) is 17.6 Å². The number of fused-ring (bicyclic) bond motifs is 1. The lowest BCUT2D eigenvalue weighted by molar-refractivity contribution is -0.137. The van der Waals surface area contributed by atoms with E-state index in [-0.39, 0.29) is 22.6 Å². The zero-order valence-corrected chi connectivity index (χ0v) is 21.3. The Morgan fingerprint density at radius 2 is 1.72 bits per heavy atom. The molecular formula is C25H28F3NO6S. The number of aromatic nitrogens is 1. The molecule has 0 radical (unpaired) electrons. The Morgan fingerprint density at radius 3 is 2.22 bits per heavy atom. The molecule has 0 saturated carbocycles. The van der Waals surface area contributed by atoms with Gasteiger partial charge in [-0.15, -0.1) is 11.3 Å². The second kappa shape index (κ2) is 11.0. The van der Waals surface area contributed by atoms with Crippen LogP contribution in [0.3, 0.4) is 0 Å².